The highest BCUT2D eigenvalue weighted by molar-refractivity contribution is 7.08. The average Bonchev–Trinajstić information content (AvgIpc) is 2.68. The van der Waals surface area contributed by atoms with E-state index in [2.05, 4.69) is 5.10 Å². The highest BCUT2D eigenvalue weighted by Crippen LogP contribution is 2.12. The number of Topliss-reactive ketones (excluding diaryl/α,β-unsaturated/α-hetero) is 1. The van der Waals surface area contributed by atoms with Crippen molar-refractivity contribution in [1.82, 2.24) is 9.78 Å². The van der Waals surface area contributed by atoms with Crippen LogP contribution < -0.4 is 9.61 Å². The third-order valence-corrected chi connectivity index (χ3v) is 3.18. The number of aromatic nitrogens is 2. The number of nitrogens with zero attached hydrogens (tertiary/aromatic N) is 2. The lowest BCUT2D eigenvalue weighted by Crippen LogP contribution is -2.20. The lowest BCUT2D eigenvalue weighted by molar-refractivity contribution is 0.0966. The molecule has 1 heterocycles. The molecule has 0 aliphatic carbocycles. The fraction of sp³-hybridized carbons (Fsp3) is 0.250. The largest absolute Gasteiger partial charge is 0.497 e. The Bertz CT molecular complexity index is 613. The lowest BCUT2D eigenvalue weighted by Gasteiger charge is -2.02. The molecule has 0 fully saturated rings. The van der Waals surface area contributed by atoms with E-state index in [1.54, 1.807) is 38.3 Å². The van der Waals surface area contributed by atoms with Crippen molar-refractivity contribution in [3.05, 3.63) is 44.5 Å². The third-order valence-electron chi connectivity index (χ3n) is 2.41. The van der Waals surface area contributed by atoms with Crippen LogP contribution in [0.5, 0.6) is 5.75 Å². The van der Waals surface area contributed by atoms with Crippen molar-refractivity contribution in [3.8, 4) is 5.75 Å². The van der Waals surface area contributed by atoms with Gasteiger partial charge in [-0.1, -0.05) is 11.3 Å². The second kappa shape index (κ2) is 5.14. The van der Waals surface area contributed by atoms with Crippen LogP contribution in [-0.4, -0.2) is 22.7 Å². The van der Waals surface area contributed by atoms with Crippen LogP contribution >= 0.6 is 11.3 Å². The summed E-state index contributed by atoms with van der Waals surface area (Å²) >= 11 is 1.04. The molecule has 18 heavy (non-hydrogen) atoms. The monoisotopic (exact) mass is 264 g/mol. The van der Waals surface area contributed by atoms with Gasteiger partial charge in [-0.05, 0) is 31.2 Å². The lowest BCUT2D eigenvalue weighted by atomic mass is 10.1. The molecule has 0 spiro atoms. The van der Waals surface area contributed by atoms with Gasteiger partial charge in [-0.2, -0.15) is 5.10 Å². The minimum Gasteiger partial charge on any atom is -0.497 e. The Hall–Kier alpha value is -1.95. The first-order valence-electron chi connectivity index (χ1n) is 5.32. The van der Waals surface area contributed by atoms with Gasteiger partial charge < -0.3 is 4.74 Å². The Balaban J connectivity index is 2.16. The third kappa shape index (κ3) is 2.65. The summed E-state index contributed by atoms with van der Waals surface area (Å²) < 4.78 is 6.20. The molecule has 5 nitrogen and oxygen atoms in total. The Morgan fingerprint density at radius 1 is 1.39 bits per heavy atom. The first kappa shape index (κ1) is 12.5. The summed E-state index contributed by atoms with van der Waals surface area (Å²) in [6.45, 7) is 1.70. The van der Waals surface area contributed by atoms with Gasteiger partial charge in [0.1, 0.15) is 17.3 Å². The molecule has 0 saturated heterocycles. The van der Waals surface area contributed by atoms with Crippen molar-refractivity contribution < 1.29 is 9.53 Å². The molecule has 0 N–H and O–H groups in total. The van der Waals surface area contributed by atoms with Gasteiger partial charge in [-0.25, -0.2) is 4.68 Å². The van der Waals surface area contributed by atoms with Gasteiger partial charge in [-0.15, -0.1) is 0 Å². The molecule has 0 radical (unpaired) electrons. The molecule has 1 aromatic heterocycles. The van der Waals surface area contributed by atoms with Crippen LogP contribution in [0.4, 0.5) is 0 Å². The standard InChI is InChI=1S/C12H12N2O3S/c1-8-13-14(12(16)18-8)7-11(15)9-3-5-10(17-2)6-4-9/h3-6H,7H2,1-2H3. The summed E-state index contributed by atoms with van der Waals surface area (Å²) in [5, 5.41) is 4.64. The number of hydrogen-bond acceptors (Lipinski definition) is 5. The second-order valence-corrected chi connectivity index (χ2v) is 4.84. The number of aryl methyl sites for hydroxylation is 1. The summed E-state index contributed by atoms with van der Waals surface area (Å²) in [6.07, 6.45) is 0. The van der Waals surface area contributed by atoms with Gasteiger partial charge in [0.15, 0.2) is 5.78 Å². The fourth-order valence-electron chi connectivity index (χ4n) is 1.51. The molecule has 2 aromatic rings. The van der Waals surface area contributed by atoms with E-state index in [9.17, 15) is 9.59 Å². The quantitative estimate of drug-likeness (QED) is 0.785. The zero-order valence-electron chi connectivity index (χ0n) is 10.0. The Labute approximate surface area is 108 Å². The maximum Gasteiger partial charge on any atom is 0.325 e. The minimum absolute atomic E-state index is 0.0322. The van der Waals surface area contributed by atoms with Crippen LogP contribution in [0.25, 0.3) is 0 Å². The molecule has 94 valence electrons. The molecule has 1 aromatic carbocycles. The number of methoxy groups -OCH3 is 1. The van der Waals surface area contributed by atoms with E-state index in [-0.39, 0.29) is 17.2 Å². The maximum atomic E-state index is 11.9. The molecule has 0 atom stereocenters. The van der Waals surface area contributed by atoms with E-state index < -0.39 is 0 Å². The zero-order valence-corrected chi connectivity index (χ0v) is 10.9. The summed E-state index contributed by atoms with van der Waals surface area (Å²) in [5.74, 6) is 0.540. The molecule has 0 aliphatic heterocycles. The van der Waals surface area contributed by atoms with Crippen LogP contribution in [0.3, 0.4) is 0 Å². The highest BCUT2D eigenvalue weighted by Gasteiger charge is 2.10. The number of benzene rings is 1. The number of ether oxygens (including phenoxy) is 1. The molecular formula is C12H12N2O3S. The number of rotatable bonds is 4. The highest BCUT2D eigenvalue weighted by atomic mass is 32.1. The van der Waals surface area contributed by atoms with Crippen LogP contribution in [0.1, 0.15) is 15.4 Å². The van der Waals surface area contributed by atoms with Crippen molar-refractivity contribution >= 4 is 17.1 Å². The summed E-state index contributed by atoms with van der Waals surface area (Å²) in [7, 11) is 1.56. The van der Waals surface area contributed by atoms with Crippen LogP contribution in [0.15, 0.2) is 29.1 Å². The second-order valence-electron chi connectivity index (χ2n) is 3.70. The fourth-order valence-corrected chi connectivity index (χ4v) is 2.12. The molecular weight excluding hydrogens is 252 g/mol. The van der Waals surface area contributed by atoms with Gasteiger partial charge in [0.05, 0.1) is 7.11 Å². The van der Waals surface area contributed by atoms with E-state index in [4.69, 9.17) is 4.74 Å². The topological polar surface area (TPSA) is 61.2 Å². The van der Waals surface area contributed by atoms with Crippen LogP contribution in [0, 0.1) is 6.92 Å². The maximum absolute atomic E-state index is 11.9. The van der Waals surface area contributed by atoms with Gasteiger partial charge >= 0.3 is 4.87 Å². The number of carbonyl (C=O) groups is 1. The summed E-state index contributed by atoms with van der Waals surface area (Å²) in [5.41, 5.74) is 0.536. The summed E-state index contributed by atoms with van der Waals surface area (Å²) in [4.78, 5) is 23.2. The van der Waals surface area contributed by atoms with E-state index >= 15 is 0 Å². The van der Waals surface area contributed by atoms with Crippen molar-refractivity contribution in [3.63, 3.8) is 0 Å². The Morgan fingerprint density at radius 2 is 2.06 bits per heavy atom. The molecule has 6 heteroatoms. The smallest absolute Gasteiger partial charge is 0.325 e. The predicted octanol–water partition coefficient (Wildman–Crippen LogP) is 1.50. The SMILES string of the molecule is COc1ccc(C(=O)Cn2nc(C)sc2=O)cc1. The number of carbonyl (C=O) groups excluding carboxylic acids is 1. The van der Waals surface area contributed by atoms with E-state index in [1.165, 1.54) is 4.68 Å². The van der Waals surface area contributed by atoms with Crippen LogP contribution in [0.2, 0.25) is 0 Å². The van der Waals surface area contributed by atoms with E-state index in [1.807, 2.05) is 0 Å². The molecule has 0 saturated carbocycles. The number of hydrogen-bond donors (Lipinski definition) is 0. The van der Waals surface area contributed by atoms with Crippen molar-refractivity contribution in [2.45, 2.75) is 13.5 Å². The first-order chi connectivity index (χ1) is 8.60. The van der Waals surface area contributed by atoms with Gasteiger partial charge in [0.2, 0.25) is 0 Å². The average molecular weight is 264 g/mol. The minimum atomic E-state index is -0.214. The predicted molar refractivity (Wildman–Crippen MR) is 68.4 cm³/mol. The van der Waals surface area contributed by atoms with Gasteiger partial charge in [-0.3, -0.25) is 9.59 Å². The van der Waals surface area contributed by atoms with Crippen molar-refractivity contribution in [2.75, 3.05) is 7.11 Å². The molecule has 0 aliphatic rings. The van der Waals surface area contributed by atoms with Crippen molar-refractivity contribution in [1.29, 1.82) is 0 Å². The van der Waals surface area contributed by atoms with Gasteiger partial charge in [0, 0.05) is 5.56 Å². The van der Waals surface area contributed by atoms with Gasteiger partial charge in [0.25, 0.3) is 0 Å². The molecule has 2 rings (SSSR count). The first-order valence-corrected chi connectivity index (χ1v) is 6.13. The summed E-state index contributed by atoms with van der Waals surface area (Å²) in [6, 6.07) is 6.77. The molecule has 0 amide bonds. The van der Waals surface area contributed by atoms with Crippen molar-refractivity contribution in [2.24, 2.45) is 0 Å². The van der Waals surface area contributed by atoms with E-state index in [0.29, 0.717) is 16.3 Å². The Kier molecular flexibility index (Phi) is 3.57. The Morgan fingerprint density at radius 3 is 2.56 bits per heavy atom. The van der Waals surface area contributed by atoms with E-state index in [0.717, 1.165) is 11.3 Å². The molecule has 0 unspecified atom stereocenters. The number of ketones is 1. The normalized spacial score (nSPS) is 10.3. The molecule has 0 bridgehead atoms. The zero-order chi connectivity index (χ0) is 13.1. The van der Waals surface area contributed by atoms with Crippen LogP contribution in [-0.2, 0) is 6.54 Å².